The van der Waals surface area contributed by atoms with E-state index in [1.165, 1.54) is 18.4 Å². The van der Waals surface area contributed by atoms with Crippen molar-refractivity contribution in [3.8, 4) is 5.75 Å². The molecule has 1 aromatic heterocycles. The van der Waals surface area contributed by atoms with Gasteiger partial charge < -0.3 is 14.5 Å². The molecule has 0 saturated heterocycles. The largest absolute Gasteiger partial charge is 0.491 e. The monoisotopic (exact) mass is 440 g/mol. The van der Waals surface area contributed by atoms with Crippen LogP contribution in [0.5, 0.6) is 5.75 Å². The molecule has 0 bridgehead atoms. The van der Waals surface area contributed by atoms with Crippen molar-refractivity contribution in [1.29, 1.82) is 0 Å². The summed E-state index contributed by atoms with van der Waals surface area (Å²) >= 11 is 0. The first-order valence-electron chi connectivity index (χ1n) is 10.5. The molecule has 3 aromatic carbocycles. The van der Waals surface area contributed by atoms with E-state index < -0.39 is 11.8 Å². The van der Waals surface area contributed by atoms with E-state index in [2.05, 4.69) is 5.32 Å². The summed E-state index contributed by atoms with van der Waals surface area (Å²) in [4.78, 5) is 39.1. The zero-order chi connectivity index (χ0) is 22.8. The van der Waals surface area contributed by atoms with E-state index in [-0.39, 0.29) is 30.1 Å². The van der Waals surface area contributed by atoms with Crippen LogP contribution in [0.4, 0.5) is 0 Å². The average molecular weight is 440 g/mol. The Kier molecular flexibility index (Phi) is 5.36. The topological polar surface area (TPSA) is 88.8 Å². The number of rotatable bonds is 7. The zero-order valence-corrected chi connectivity index (χ0v) is 17.6. The maximum absolute atomic E-state index is 12.7. The lowest BCUT2D eigenvalue weighted by molar-refractivity contribution is 0.0631. The number of carbonyl (C=O) groups is 3. The molecule has 3 amide bonds. The molecule has 1 N–H and O–H groups in total. The lowest BCUT2D eigenvalue weighted by atomic mass is 10.1. The second kappa shape index (κ2) is 8.63. The molecule has 0 saturated carbocycles. The molecule has 164 valence electrons. The van der Waals surface area contributed by atoms with E-state index in [4.69, 9.17) is 9.15 Å². The first-order chi connectivity index (χ1) is 16.1. The van der Waals surface area contributed by atoms with Crippen LogP contribution in [0.1, 0.15) is 36.8 Å². The third-order valence-corrected chi connectivity index (χ3v) is 5.52. The highest BCUT2D eigenvalue weighted by atomic mass is 16.5. The van der Waals surface area contributed by atoms with Gasteiger partial charge in [0, 0.05) is 10.9 Å². The SMILES string of the molecule is O=C(NCCOc1cccc2ccccc12)c1ccc2c(c1)C(=O)N(Cc1ccco1)C2=O. The predicted molar refractivity (Wildman–Crippen MR) is 121 cm³/mol. The quantitative estimate of drug-likeness (QED) is 0.346. The summed E-state index contributed by atoms with van der Waals surface area (Å²) in [6, 6.07) is 21.7. The van der Waals surface area contributed by atoms with Crippen molar-refractivity contribution in [1.82, 2.24) is 10.2 Å². The average Bonchev–Trinajstić information content (AvgIpc) is 3.44. The standard InChI is InChI=1S/C26H20N2O5/c29-24(27-12-14-33-23-9-3-6-17-5-1-2-8-20(17)23)18-10-11-21-22(15-18)26(31)28(25(21)30)16-19-7-4-13-32-19/h1-11,13,15H,12,14,16H2,(H,27,29). The molecule has 1 aliphatic heterocycles. The van der Waals surface area contributed by atoms with Crippen molar-refractivity contribution in [2.75, 3.05) is 13.2 Å². The highest BCUT2D eigenvalue weighted by Gasteiger charge is 2.36. The molecular formula is C26H20N2O5. The molecule has 0 unspecified atom stereocenters. The predicted octanol–water partition coefficient (Wildman–Crippen LogP) is 4.04. The Balaban J connectivity index is 1.21. The van der Waals surface area contributed by atoms with E-state index in [9.17, 15) is 14.4 Å². The summed E-state index contributed by atoms with van der Waals surface area (Å²) in [6.45, 7) is 0.627. The van der Waals surface area contributed by atoms with Crippen LogP contribution in [0, 0.1) is 0 Å². The van der Waals surface area contributed by atoms with Crippen molar-refractivity contribution in [3.63, 3.8) is 0 Å². The number of carbonyl (C=O) groups excluding carboxylic acids is 3. The second-order valence-corrected chi connectivity index (χ2v) is 7.62. The molecule has 7 nitrogen and oxygen atoms in total. The third kappa shape index (κ3) is 3.96. The minimum absolute atomic E-state index is 0.0480. The van der Waals surface area contributed by atoms with E-state index in [0.29, 0.717) is 17.9 Å². The molecule has 1 aliphatic rings. The number of nitrogens with zero attached hydrogens (tertiary/aromatic N) is 1. The third-order valence-electron chi connectivity index (χ3n) is 5.52. The van der Waals surface area contributed by atoms with Gasteiger partial charge in [-0.3, -0.25) is 19.3 Å². The van der Waals surface area contributed by atoms with Crippen LogP contribution >= 0.6 is 0 Å². The Morgan fingerprint density at radius 3 is 2.58 bits per heavy atom. The molecule has 2 heterocycles. The van der Waals surface area contributed by atoms with E-state index in [1.54, 1.807) is 18.2 Å². The number of amides is 3. The first-order valence-corrected chi connectivity index (χ1v) is 10.5. The van der Waals surface area contributed by atoms with Gasteiger partial charge in [-0.05, 0) is 41.8 Å². The maximum atomic E-state index is 12.7. The van der Waals surface area contributed by atoms with Crippen LogP contribution < -0.4 is 10.1 Å². The van der Waals surface area contributed by atoms with E-state index in [0.717, 1.165) is 21.4 Å². The molecule has 4 aromatic rings. The molecule has 0 spiro atoms. The fraction of sp³-hybridized carbons (Fsp3) is 0.115. The molecular weight excluding hydrogens is 420 g/mol. The molecule has 0 aliphatic carbocycles. The minimum atomic E-state index is -0.444. The van der Waals surface area contributed by atoms with Crippen molar-refractivity contribution < 1.29 is 23.5 Å². The summed E-state index contributed by atoms with van der Waals surface area (Å²) in [5.74, 6) is 0.0699. The van der Waals surface area contributed by atoms with Crippen LogP contribution in [0.3, 0.4) is 0 Å². The fourth-order valence-electron chi connectivity index (χ4n) is 3.88. The zero-order valence-electron chi connectivity index (χ0n) is 17.6. The van der Waals surface area contributed by atoms with Gasteiger partial charge in [0.25, 0.3) is 17.7 Å². The molecule has 7 heteroatoms. The van der Waals surface area contributed by atoms with Gasteiger partial charge in [0.2, 0.25) is 0 Å². The fourth-order valence-corrected chi connectivity index (χ4v) is 3.88. The first kappa shape index (κ1) is 20.5. The number of nitrogens with one attached hydrogen (secondary N) is 1. The molecule has 0 fully saturated rings. The maximum Gasteiger partial charge on any atom is 0.261 e. The Hall–Kier alpha value is -4.39. The van der Waals surface area contributed by atoms with Gasteiger partial charge >= 0.3 is 0 Å². The minimum Gasteiger partial charge on any atom is -0.491 e. The van der Waals surface area contributed by atoms with Crippen LogP contribution in [-0.4, -0.2) is 35.8 Å². The lowest BCUT2D eigenvalue weighted by Crippen LogP contribution is -2.29. The second-order valence-electron chi connectivity index (χ2n) is 7.62. The van der Waals surface area contributed by atoms with Crippen LogP contribution in [0.25, 0.3) is 10.8 Å². The van der Waals surface area contributed by atoms with Gasteiger partial charge in [-0.25, -0.2) is 0 Å². The van der Waals surface area contributed by atoms with Crippen molar-refractivity contribution >= 4 is 28.5 Å². The molecule has 0 atom stereocenters. The van der Waals surface area contributed by atoms with Crippen LogP contribution in [0.2, 0.25) is 0 Å². The van der Waals surface area contributed by atoms with Crippen molar-refractivity contribution in [2.24, 2.45) is 0 Å². The van der Waals surface area contributed by atoms with Gasteiger partial charge in [-0.2, -0.15) is 0 Å². The summed E-state index contributed by atoms with van der Waals surface area (Å²) in [6.07, 6.45) is 1.49. The molecule has 5 rings (SSSR count). The number of ether oxygens (including phenoxy) is 1. The normalized spacial score (nSPS) is 12.8. The number of benzene rings is 3. The Bertz CT molecular complexity index is 1360. The van der Waals surface area contributed by atoms with Gasteiger partial charge in [0.1, 0.15) is 18.1 Å². The van der Waals surface area contributed by atoms with Crippen LogP contribution in [0.15, 0.2) is 83.5 Å². The Morgan fingerprint density at radius 1 is 0.909 bits per heavy atom. The molecule has 0 radical (unpaired) electrons. The Labute approximate surface area is 189 Å². The van der Waals surface area contributed by atoms with E-state index >= 15 is 0 Å². The van der Waals surface area contributed by atoms with Crippen molar-refractivity contribution in [2.45, 2.75) is 6.54 Å². The summed E-state index contributed by atoms with van der Waals surface area (Å²) in [5, 5.41) is 4.88. The number of furan rings is 1. The number of imide groups is 1. The van der Waals surface area contributed by atoms with Crippen molar-refractivity contribution in [3.05, 3.63) is 102 Å². The van der Waals surface area contributed by atoms with Gasteiger partial charge in [-0.1, -0.05) is 36.4 Å². The lowest BCUT2D eigenvalue weighted by Gasteiger charge is -2.11. The van der Waals surface area contributed by atoms with E-state index in [1.807, 2.05) is 42.5 Å². The molecule has 33 heavy (non-hydrogen) atoms. The van der Waals surface area contributed by atoms with Crippen LogP contribution in [-0.2, 0) is 6.54 Å². The number of hydrogen-bond acceptors (Lipinski definition) is 5. The summed E-state index contributed by atoms with van der Waals surface area (Å²) in [7, 11) is 0. The Morgan fingerprint density at radius 2 is 1.73 bits per heavy atom. The number of hydrogen-bond donors (Lipinski definition) is 1. The van der Waals surface area contributed by atoms with Gasteiger partial charge in [0.05, 0.1) is 30.5 Å². The highest BCUT2D eigenvalue weighted by Crippen LogP contribution is 2.26. The highest BCUT2D eigenvalue weighted by molar-refractivity contribution is 6.22. The summed E-state index contributed by atoms with van der Waals surface area (Å²) < 4.78 is 11.1. The van der Waals surface area contributed by atoms with Gasteiger partial charge in [-0.15, -0.1) is 0 Å². The number of fused-ring (bicyclic) bond motifs is 2. The smallest absolute Gasteiger partial charge is 0.261 e. The summed E-state index contributed by atoms with van der Waals surface area (Å²) in [5.41, 5.74) is 0.800. The van der Waals surface area contributed by atoms with Gasteiger partial charge in [0.15, 0.2) is 0 Å².